The molecule has 1 atom stereocenters. The van der Waals surface area contributed by atoms with Crippen molar-refractivity contribution in [2.24, 2.45) is 11.7 Å². The van der Waals surface area contributed by atoms with Crippen LogP contribution >= 0.6 is 0 Å². The van der Waals surface area contributed by atoms with Crippen LogP contribution in [0.15, 0.2) is 6.33 Å². The molecular weight excluding hydrogens is 194 g/mol. The molecule has 1 fully saturated rings. The first-order chi connectivity index (χ1) is 7.10. The van der Waals surface area contributed by atoms with Gasteiger partial charge in [-0.1, -0.05) is 0 Å². The summed E-state index contributed by atoms with van der Waals surface area (Å²) in [5.74, 6) is 0.837. The highest BCUT2D eigenvalue weighted by molar-refractivity contribution is 5.86. The molecule has 0 bridgehead atoms. The van der Waals surface area contributed by atoms with Crippen LogP contribution in [0.5, 0.6) is 0 Å². The van der Waals surface area contributed by atoms with E-state index in [1.807, 2.05) is 0 Å². The second-order valence-corrected chi connectivity index (χ2v) is 4.17. The van der Waals surface area contributed by atoms with Crippen molar-refractivity contribution in [1.82, 2.24) is 20.5 Å². The van der Waals surface area contributed by atoms with Gasteiger partial charge in [-0.25, -0.2) is 4.98 Å². The Balaban J connectivity index is 1.86. The smallest absolute Gasteiger partial charge is 0.240 e. The van der Waals surface area contributed by atoms with Crippen molar-refractivity contribution < 1.29 is 4.79 Å². The summed E-state index contributed by atoms with van der Waals surface area (Å²) < 4.78 is 0. The number of carbonyl (C=O) groups is 1. The highest BCUT2D eigenvalue weighted by atomic mass is 16.2. The highest BCUT2D eigenvalue weighted by Crippen LogP contribution is 2.38. The molecule has 0 radical (unpaired) electrons. The summed E-state index contributed by atoms with van der Waals surface area (Å²) in [6.07, 6.45) is 3.50. The van der Waals surface area contributed by atoms with Crippen LogP contribution in [0.2, 0.25) is 0 Å². The number of nitrogens with zero attached hydrogens (tertiary/aromatic N) is 2. The van der Waals surface area contributed by atoms with E-state index < -0.39 is 5.54 Å². The van der Waals surface area contributed by atoms with Gasteiger partial charge in [0.1, 0.15) is 12.2 Å². The summed E-state index contributed by atoms with van der Waals surface area (Å²) in [5.41, 5.74) is 5.20. The second kappa shape index (κ2) is 3.62. The maximum absolute atomic E-state index is 11.7. The zero-order chi connectivity index (χ0) is 10.9. The monoisotopic (exact) mass is 209 g/mol. The normalized spacial score (nSPS) is 19.6. The third kappa shape index (κ3) is 2.15. The summed E-state index contributed by atoms with van der Waals surface area (Å²) in [4.78, 5) is 15.7. The average molecular weight is 209 g/mol. The highest BCUT2D eigenvalue weighted by Gasteiger charge is 2.43. The predicted octanol–water partition coefficient (Wildman–Crippen LogP) is -0.452. The number of rotatable bonds is 4. The maximum atomic E-state index is 11.7. The fraction of sp³-hybridized carbons (Fsp3) is 0.667. The molecule has 1 heterocycles. The number of amides is 1. The van der Waals surface area contributed by atoms with E-state index in [1.54, 1.807) is 6.92 Å². The van der Waals surface area contributed by atoms with Gasteiger partial charge in [0.05, 0.1) is 12.1 Å². The minimum atomic E-state index is -0.750. The number of carbonyl (C=O) groups excluding carboxylic acids is 1. The van der Waals surface area contributed by atoms with Gasteiger partial charge in [-0.05, 0) is 25.7 Å². The summed E-state index contributed by atoms with van der Waals surface area (Å²) in [6.45, 7) is 2.12. The van der Waals surface area contributed by atoms with E-state index in [4.69, 9.17) is 5.73 Å². The molecule has 1 unspecified atom stereocenters. The molecule has 6 heteroatoms. The minimum Gasteiger partial charge on any atom is -0.347 e. The number of hydrogen-bond donors (Lipinski definition) is 3. The molecular formula is C9H15N5O. The molecule has 0 saturated heterocycles. The van der Waals surface area contributed by atoms with Crippen LogP contribution in [0.25, 0.3) is 0 Å². The Hall–Kier alpha value is -1.43. The maximum Gasteiger partial charge on any atom is 0.240 e. The van der Waals surface area contributed by atoms with Crippen LogP contribution < -0.4 is 11.1 Å². The Kier molecular flexibility index (Phi) is 2.44. The van der Waals surface area contributed by atoms with Crippen LogP contribution in [-0.2, 0) is 11.3 Å². The van der Waals surface area contributed by atoms with E-state index in [1.165, 1.54) is 6.33 Å². The molecule has 82 valence electrons. The van der Waals surface area contributed by atoms with E-state index in [0.29, 0.717) is 18.3 Å². The van der Waals surface area contributed by atoms with E-state index in [-0.39, 0.29) is 5.91 Å². The Bertz CT molecular complexity index is 341. The Labute approximate surface area is 87.6 Å². The van der Waals surface area contributed by atoms with Crippen molar-refractivity contribution in [3.05, 3.63) is 12.2 Å². The molecule has 1 amide bonds. The summed E-state index contributed by atoms with van der Waals surface area (Å²) in [6, 6.07) is 0. The molecule has 1 aliphatic rings. The number of hydrogen-bond acceptors (Lipinski definition) is 4. The number of aromatic nitrogens is 3. The molecule has 1 aromatic rings. The van der Waals surface area contributed by atoms with Crippen LogP contribution in [-0.4, -0.2) is 26.6 Å². The molecule has 0 aromatic carbocycles. The molecule has 2 rings (SSSR count). The lowest BCUT2D eigenvalue weighted by molar-refractivity contribution is -0.126. The average Bonchev–Trinajstić information content (AvgIpc) is 2.94. The van der Waals surface area contributed by atoms with Crippen LogP contribution in [0.1, 0.15) is 25.6 Å². The van der Waals surface area contributed by atoms with Gasteiger partial charge in [0.25, 0.3) is 0 Å². The van der Waals surface area contributed by atoms with E-state index in [2.05, 4.69) is 20.5 Å². The van der Waals surface area contributed by atoms with Crippen molar-refractivity contribution in [2.75, 3.05) is 0 Å². The largest absolute Gasteiger partial charge is 0.347 e. The second-order valence-electron chi connectivity index (χ2n) is 4.17. The van der Waals surface area contributed by atoms with Gasteiger partial charge in [-0.15, -0.1) is 0 Å². The molecule has 1 aliphatic carbocycles. The molecule has 0 aliphatic heterocycles. The first-order valence-electron chi connectivity index (χ1n) is 5.02. The van der Waals surface area contributed by atoms with Crippen molar-refractivity contribution >= 4 is 5.91 Å². The fourth-order valence-corrected chi connectivity index (χ4v) is 1.54. The molecule has 6 nitrogen and oxygen atoms in total. The predicted molar refractivity (Wildman–Crippen MR) is 53.5 cm³/mol. The lowest BCUT2D eigenvalue weighted by Gasteiger charge is -2.22. The number of H-pyrrole nitrogens is 1. The minimum absolute atomic E-state index is 0.124. The lowest BCUT2D eigenvalue weighted by atomic mass is 9.96. The lowest BCUT2D eigenvalue weighted by Crippen LogP contribution is -2.53. The summed E-state index contributed by atoms with van der Waals surface area (Å²) in [5, 5.41) is 9.11. The van der Waals surface area contributed by atoms with Crippen LogP contribution in [0.3, 0.4) is 0 Å². The van der Waals surface area contributed by atoms with Crippen molar-refractivity contribution in [1.29, 1.82) is 0 Å². The third-order valence-electron chi connectivity index (χ3n) is 2.80. The first kappa shape index (κ1) is 10.1. The van der Waals surface area contributed by atoms with Crippen molar-refractivity contribution in [3.63, 3.8) is 0 Å². The summed E-state index contributed by atoms with van der Waals surface area (Å²) >= 11 is 0. The van der Waals surface area contributed by atoms with Gasteiger partial charge in [0.2, 0.25) is 5.91 Å². The Morgan fingerprint density at radius 2 is 2.53 bits per heavy atom. The molecule has 1 aromatic heterocycles. The molecule has 4 N–H and O–H groups in total. The SMILES string of the molecule is CC(N)(C(=O)NCc1ncn[nH]1)C1CC1. The van der Waals surface area contributed by atoms with Crippen molar-refractivity contribution in [2.45, 2.75) is 31.8 Å². The third-order valence-corrected chi connectivity index (χ3v) is 2.80. The Morgan fingerprint density at radius 3 is 3.07 bits per heavy atom. The van der Waals surface area contributed by atoms with Gasteiger partial charge >= 0.3 is 0 Å². The zero-order valence-electron chi connectivity index (χ0n) is 8.66. The number of nitrogens with two attached hydrogens (primary N) is 1. The number of aromatic amines is 1. The van der Waals surface area contributed by atoms with Gasteiger partial charge in [0.15, 0.2) is 0 Å². The van der Waals surface area contributed by atoms with Crippen LogP contribution in [0, 0.1) is 5.92 Å². The first-order valence-corrected chi connectivity index (χ1v) is 5.02. The topological polar surface area (TPSA) is 96.7 Å². The molecule has 1 saturated carbocycles. The van der Waals surface area contributed by atoms with Gasteiger partial charge in [0, 0.05) is 0 Å². The quantitative estimate of drug-likeness (QED) is 0.625. The van der Waals surface area contributed by atoms with Crippen LogP contribution in [0.4, 0.5) is 0 Å². The summed E-state index contributed by atoms with van der Waals surface area (Å²) in [7, 11) is 0. The van der Waals surface area contributed by atoms with E-state index in [0.717, 1.165) is 12.8 Å². The van der Waals surface area contributed by atoms with E-state index >= 15 is 0 Å². The van der Waals surface area contributed by atoms with Gasteiger partial charge < -0.3 is 11.1 Å². The van der Waals surface area contributed by atoms with Gasteiger partial charge in [-0.3, -0.25) is 9.89 Å². The molecule has 0 spiro atoms. The van der Waals surface area contributed by atoms with Gasteiger partial charge in [-0.2, -0.15) is 5.10 Å². The van der Waals surface area contributed by atoms with Crippen molar-refractivity contribution in [3.8, 4) is 0 Å². The standard InChI is InChI=1S/C9H15N5O/c1-9(10,6-2-3-6)8(15)11-4-7-12-5-13-14-7/h5-6H,2-4,10H2,1H3,(H,11,15)(H,12,13,14). The molecule has 15 heavy (non-hydrogen) atoms. The van der Waals surface area contributed by atoms with E-state index in [9.17, 15) is 4.79 Å². The zero-order valence-corrected chi connectivity index (χ0v) is 8.66. The fourth-order valence-electron chi connectivity index (χ4n) is 1.54. The number of nitrogens with one attached hydrogen (secondary N) is 2. The Morgan fingerprint density at radius 1 is 1.80 bits per heavy atom.